The first-order chi connectivity index (χ1) is 9.09. The van der Waals surface area contributed by atoms with E-state index in [9.17, 15) is 4.79 Å². The van der Waals surface area contributed by atoms with Gasteiger partial charge in [0.1, 0.15) is 0 Å². The number of piperidine rings is 1. The molecule has 1 aliphatic heterocycles. The number of carbonyl (C=O) groups excluding carboxylic acids is 1. The van der Waals surface area contributed by atoms with Crippen LogP contribution < -0.4 is 5.73 Å². The van der Waals surface area contributed by atoms with Crippen molar-refractivity contribution in [1.29, 1.82) is 0 Å². The maximum absolute atomic E-state index is 12.5. The van der Waals surface area contributed by atoms with Crippen LogP contribution in [0.2, 0.25) is 0 Å². The molecule has 2 aliphatic rings. The quantitative estimate of drug-likeness (QED) is 0.751. The molecule has 2 rings (SSSR count). The largest absolute Gasteiger partial charge is 0.393 e. The van der Waals surface area contributed by atoms with Crippen LogP contribution in [0, 0.1) is 0 Å². The Morgan fingerprint density at radius 2 is 2.00 bits per heavy atom. The molecule has 1 atom stereocenters. The van der Waals surface area contributed by atoms with E-state index in [1.54, 1.807) is 0 Å². The van der Waals surface area contributed by atoms with Crippen LogP contribution in [-0.2, 0) is 4.79 Å². The van der Waals surface area contributed by atoms with Crippen molar-refractivity contribution in [2.24, 2.45) is 5.73 Å². The van der Waals surface area contributed by atoms with Gasteiger partial charge in [-0.1, -0.05) is 12.2 Å². The molecule has 19 heavy (non-hydrogen) atoms. The number of thiocarbonyl (C=S) groups is 1. The zero-order valence-corrected chi connectivity index (χ0v) is 12.6. The molecular formula is C14H25N3OS. The summed E-state index contributed by atoms with van der Waals surface area (Å²) in [7, 11) is 0. The monoisotopic (exact) mass is 283 g/mol. The van der Waals surface area contributed by atoms with Gasteiger partial charge in [-0.15, -0.1) is 0 Å². The van der Waals surface area contributed by atoms with Crippen molar-refractivity contribution in [2.75, 3.05) is 19.6 Å². The van der Waals surface area contributed by atoms with Gasteiger partial charge in [0.05, 0.1) is 11.0 Å². The SMILES string of the molecule is CC(C(=O)N1CCCCC1)N(CCC(N)=S)C1CC1. The molecule has 1 unspecified atom stereocenters. The summed E-state index contributed by atoms with van der Waals surface area (Å²) < 4.78 is 0. The maximum atomic E-state index is 12.5. The van der Waals surface area contributed by atoms with Crippen LogP contribution in [0.15, 0.2) is 0 Å². The molecule has 4 nitrogen and oxygen atoms in total. The molecule has 0 aromatic carbocycles. The molecular weight excluding hydrogens is 258 g/mol. The Morgan fingerprint density at radius 1 is 1.37 bits per heavy atom. The van der Waals surface area contributed by atoms with E-state index in [0.717, 1.165) is 32.5 Å². The van der Waals surface area contributed by atoms with Crippen LogP contribution in [0.1, 0.15) is 45.4 Å². The third-order valence-electron chi connectivity index (χ3n) is 4.15. The van der Waals surface area contributed by atoms with E-state index in [0.29, 0.717) is 17.5 Å². The van der Waals surface area contributed by atoms with Gasteiger partial charge < -0.3 is 10.6 Å². The fraction of sp³-hybridized carbons (Fsp3) is 0.857. The number of nitrogens with zero attached hydrogens (tertiary/aromatic N) is 2. The van der Waals surface area contributed by atoms with Crippen LogP contribution in [0.3, 0.4) is 0 Å². The van der Waals surface area contributed by atoms with E-state index in [-0.39, 0.29) is 11.9 Å². The minimum atomic E-state index is -0.0278. The molecule has 108 valence electrons. The lowest BCUT2D eigenvalue weighted by molar-refractivity contribution is -0.137. The van der Waals surface area contributed by atoms with E-state index < -0.39 is 0 Å². The van der Waals surface area contributed by atoms with E-state index in [4.69, 9.17) is 18.0 Å². The molecule has 2 fully saturated rings. The zero-order valence-electron chi connectivity index (χ0n) is 11.8. The number of carbonyl (C=O) groups is 1. The zero-order chi connectivity index (χ0) is 13.8. The first kappa shape index (κ1) is 14.7. The molecule has 5 heteroatoms. The van der Waals surface area contributed by atoms with E-state index in [2.05, 4.69) is 4.90 Å². The number of likely N-dealkylation sites (tertiary alicyclic amines) is 1. The summed E-state index contributed by atoms with van der Waals surface area (Å²) in [5.74, 6) is 0.287. The van der Waals surface area contributed by atoms with Crippen molar-refractivity contribution in [1.82, 2.24) is 9.80 Å². The van der Waals surface area contributed by atoms with Gasteiger partial charge in [0.15, 0.2) is 0 Å². The Labute approximate surface area is 121 Å². The lowest BCUT2D eigenvalue weighted by Gasteiger charge is -2.34. The van der Waals surface area contributed by atoms with Crippen molar-refractivity contribution >= 4 is 23.1 Å². The molecule has 1 heterocycles. The van der Waals surface area contributed by atoms with Crippen LogP contribution in [0.25, 0.3) is 0 Å². The fourth-order valence-electron chi connectivity index (χ4n) is 2.86. The standard InChI is InChI=1S/C14H25N3OS/c1-11(14(18)16-8-3-2-4-9-16)17(12-5-6-12)10-7-13(15)19/h11-12H,2-10H2,1H3,(H2,15,19). The van der Waals surface area contributed by atoms with Crippen LogP contribution in [-0.4, -0.2) is 52.4 Å². The third-order valence-corrected chi connectivity index (χ3v) is 4.36. The molecule has 1 saturated heterocycles. The maximum Gasteiger partial charge on any atom is 0.239 e. The lowest BCUT2D eigenvalue weighted by atomic mass is 10.1. The number of rotatable bonds is 6. The Morgan fingerprint density at radius 3 is 2.53 bits per heavy atom. The predicted octanol–water partition coefficient (Wildman–Crippen LogP) is 1.53. The minimum absolute atomic E-state index is 0.0278. The first-order valence-electron chi connectivity index (χ1n) is 7.42. The Hall–Kier alpha value is -0.680. The van der Waals surface area contributed by atoms with Gasteiger partial charge in [0, 0.05) is 32.1 Å². The van der Waals surface area contributed by atoms with E-state index >= 15 is 0 Å². The topological polar surface area (TPSA) is 49.6 Å². The van der Waals surface area contributed by atoms with Gasteiger partial charge in [-0.2, -0.15) is 0 Å². The van der Waals surface area contributed by atoms with Crippen molar-refractivity contribution in [2.45, 2.75) is 57.5 Å². The molecule has 0 spiro atoms. The molecule has 1 saturated carbocycles. The average molecular weight is 283 g/mol. The lowest BCUT2D eigenvalue weighted by Crippen LogP contribution is -2.50. The second-order valence-corrected chi connectivity index (χ2v) is 6.27. The molecule has 0 bridgehead atoms. The van der Waals surface area contributed by atoms with Crippen LogP contribution in [0.5, 0.6) is 0 Å². The second-order valence-electron chi connectivity index (χ2n) is 5.75. The summed E-state index contributed by atoms with van der Waals surface area (Å²) in [6.45, 7) is 4.71. The highest BCUT2D eigenvalue weighted by Crippen LogP contribution is 2.29. The van der Waals surface area contributed by atoms with Gasteiger partial charge in [-0.05, 0) is 39.0 Å². The van der Waals surface area contributed by atoms with Gasteiger partial charge in [0.2, 0.25) is 5.91 Å². The number of hydrogen-bond donors (Lipinski definition) is 1. The van der Waals surface area contributed by atoms with Gasteiger partial charge in [-0.25, -0.2) is 0 Å². The van der Waals surface area contributed by atoms with Crippen molar-refractivity contribution < 1.29 is 4.79 Å². The Kier molecular flexibility index (Phi) is 5.16. The Balaban J connectivity index is 1.91. The summed E-state index contributed by atoms with van der Waals surface area (Å²) >= 11 is 4.95. The summed E-state index contributed by atoms with van der Waals surface area (Å²) in [6, 6.07) is 0.540. The normalized spacial score (nSPS) is 21.5. The molecule has 1 aliphatic carbocycles. The average Bonchev–Trinajstić information content (AvgIpc) is 3.23. The predicted molar refractivity (Wildman–Crippen MR) is 81.0 cm³/mol. The summed E-state index contributed by atoms with van der Waals surface area (Å²) in [4.78, 5) is 17.4. The van der Waals surface area contributed by atoms with E-state index in [1.165, 1.54) is 19.3 Å². The highest BCUT2D eigenvalue weighted by Gasteiger charge is 2.36. The number of hydrogen-bond acceptors (Lipinski definition) is 3. The number of nitrogens with two attached hydrogens (primary N) is 1. The molecule has 0 aromatic heterocycles. The van der Waals surface area contributed by atoms with Crippen LogP contribution in [0.4, 0.5) is 0 Å². The van der Waals surface area contributed by atoms with Crippen molar-refractivity contribution in [3.05, 3.63) is 0 Å². The third kappa shape index (κ3) is 4.14. The van der Waals surface area contributed by atoms with Crippen LogP contribution >= 0.6 is 12.2 Å². The first-order valence-corrected chi connectivity index (χ1v) is 7.83. The smallest absolute Gasteiger partial charge is 0.239 e. The molecule has 1 amide bonds. The number of amides is 1. The summed E-state index contributed by atoms with van der Waals surface area (Å²) in [5.41, 5.74) is 5.59. The van der Waals surface area contributed by atoms with Gasteiger partial charge in [-0.3, -0.25) is 9.69 Å². The van der Waals surface area contributed by atoms with Gasteiger partial charge in [0.25, 0.3) is 0 Å². The van der Waals surface area contributed by atoms with Crippen molar-refractivity contribution in [3.8, 4) is 0 Å². The molecule has 2 N–H and O–H groups in total. The minimum Gasteiger partial charge on any atom is -0.393 e. The van der Waals surface area contributed by atoms with E-state index in [1.807, 2.05) is 11.8 Å². The molecule has 0 radical (unpaired) electrons. The molecule has 0 aromatic rings. The summed E-state index contributed by atoms with van der Waals surface area (Å²) in [5, 5.41) is 0. The van der Waals surface area contributed by atoms with Gasteiger partial charge >= 0.3 is 0 Å². The highest BCUT2D eigenvalue weighted by atomic mass is 32.1. The highest BCUT2D eigenvalue weighted by molar-refractivity contribution is 7.80. The second kappa shape index (κ2) is 6.66. The van der Waals surface area contributed by atoms with Crippen molar-refractivity contribution in [3.63, 3.8) is 0 Å². The fourth-order valence-corrected chi connectivity index (χ4v) is 2.95. The summed E-state index contributed by atoms with van der Waals surface area (Å²) in [6.07, 6.45) is 6.67. The Bertz CT molecular complexity index is 338.